The second kappa shape index (κ2) is 9.68. The van der Waals surface area contributed by atoms with Gasteiger partial charge in [0.1, 0.15) is 11.4 Å². The first kappa shape index (κ1) is 26.1. The molecule has 38 heavy (non-hydrogen) atoms. The number of aryl methyl sites for hydroxylation is 1. The Kier molecular flexibility index (Phi) is 6.66. The lowest BCUT2D eigenvalue weighted by atomic mass is 9.71. The molecule has 0 saturated heterocycles. The highest BCUT2D eigenvalue weighted by atomic mass is 32.2. The number of alkyl carbamates (subject to hydrolysis) is 1. The fourth-order valence-corrected chi connectivity index (χ4v) is 6.62. The lowest BCUT2D eigenvalue weighted by molar-refractivity contribution is 0.0521. The molecule has 5 rings (SSSR count). The number of amides is 1. The van der Waals surface area contributed by atoms with E-state index in [0.717, 1.165) is 43.5 Å². The molecule has 4 aromatic rings. The second-order valence-corrected chi connectivity index (χ2v) is 12.9. The molecule has 3 heterocycles. The number of carbonyl (C=O) groups is 1. The van der Waals surface area contributed by atoms with Gasteiger partial charge in [-0.15, -0.1) is 10.2 Å². The van der Waals surface area contributed by atoms with Crippen molar-refractivity contribution < 1.29 is 17.9 Å². The van der Waals surface area contributed by atoms with Gasteiger partial charge in [0.05, 0.1) is 16.6 Å². The number of carbonyl (C=O) groups excluding carboxylic acids is 1. The maximum absolute atomic E-state index is 13.5. The standard InChI is InChI=1S/C27H34N6O4S/c1-19-8-10-20(11-9-19)38(35,36)32-17-12-21-23(32)29-18-22-30-31-24(33(21)22)27(13-6-5-7-14-27)15-16-28-25(34)37-26(2,3)4/h8-12,17-18H,5-7,13-16H2,1-4H3,(H,28,34). The number of nitrogens with one attached hydrogen (secondary N) is 1. The Morgan fingerprint density at radius 2 is 1.79 bits per heavy atom. The van der Waals surface area contributed by atoms with E-state index in [1.807, 2.05) is 32.1 Å². The number of fused-ring (bicyclic) bond motifs is 3. The van der Waals surface area contributed by atoms with Gasteiger partial charge in [0.25, 0.3) is 10.0 Å². The minimum absolute atomic E-state index is 0.198. The van der Waals surface area contributed by atoms with E-state index in [9.17, 15) is 13.2 Å². The summed E-state index contributed by atoms with van der Waals surface area (Å²) < 4.78 is 35.5. The Balaban J connectivity index is 1.54. The highest BCUT2D eigenvalue weighted by Gasteiger charge is 2.39. The predicted molar refractivity (Wildman–Crippen MR) is 144 cm³/mol. The Bertz CT molecular complexity index is 1580. The van der Waals surface area contributed by atoms with Crippen molar-refractivity contribution in [2.75, 3.05) is 6.54 Å². The monoisotopic (exact) mass is 538 g/mol. The van der Waals surface area contributed by atoms with E-state index in [2.05, 4.69) is 20.5 Å². The lowest BCUT2D eigenvalue weighted by Crippen LogP contribution is -2.38. The van der Waals surface area contributed by atoms with Crippen molar-refractivity contribution in [2.24, 2.45) is 0 Å². The second-order valence-electron chi connectivity index (χ2n) is 11.1. The van der Waals surface area contributed by atoms with Crippen LogP contribution in [0, 0.1) is 6.92 Å². The van der Waals surface area contributed by atoms with E-state index in [0.29, 0.717) is 29.8 Å². The molecule has 11 heteroatoms. The smallest absolute Gasteiger partial charge is 0.407 e. The van der Waals surface area contributed by atoms with Gasteiger partial charge in [-0.05, 0) is 65.2 Å². The molecule has 1 fully saturated rings. The molecule has 1 aliphatic rings. The van der Waals surface area contributed by atoms with Crippen molar-refractivity contribution >= 4 is 32.9 Å². The SMILES string of the molecule is Cc1ccc(S(=O)(=O)n2ccc3c2ncc2nnc(C4(CCNC(=O)OC(C)(C)C)CCCCC4)n23)cc1. The minimum Gasteiger partial charge on any atom is -0.444 e. The van der Waals surface area contributed by atoms with E-state index in [1.54, 1.807) is 36.5 Å². The summed E-state index contributed by atoms with van der Waals surface area (Å²) in [6.45, 7) is 7.85. The van der Waals surface area contributed by atoms with Crippen molar-refractivity contribution in [2.45, 2.75) is 82.1 Å². The van der Waals surface area contributed by atoms with Crippen LogP contribution in [0.4, 0.5) is 4.79 Å². The summed E-state index contributed by atoms with van der Waals surface area (Å²) in [6.07, 6.45) is 8.34. The number of benzene rings is 1. The van der Waals surface area contributed by atoms with Crippen molar-refractivity contribution in [3.05, 3.63) is 54.1 Å². The molecule has 1 N–H and O–H groups in total. The fraction of sp³-hybridized carbons (Fsp3) is 0.481. The number of ether oxygens (including phenoxy) is 1. The molecule has 1 amide bonds. The van der Waals surface area contributed by atoms with Crippen LogP contribution in [-0.2, 0) is 20.2 Å². The van der Waals surface area contributed by atoms with Crippen molar-refractivity contribution in [3.8, 4) is 0 Å². The van der Waals surface area contributed by atoms with Gasteiger partial charge in [-0.1, -0.05) is 37.0 Å². The van der Waals surface area contributed by atoms with Gasteiger partial charge >= 0.3 is 6.09 Å². The van der Waals surface area contributed by atoms with Gasteiger partial charge in [-0.3, -0.25) is 4.40 Å². The highest BCUT2D eigenvalue weighted by Crippen LogP contribution is 2.42. The van der Waals surface area contributed by atoms with Gasteiger partial charge in [0.15, 0.2) is 11.3 Å². The van der Waals surface area contributed by atoms with Crippen LogP contribution in [0.2, 0.25) is 0 Å². The summed E-state index contributed by atoms with van der Waals surface area (Å²) in [6, 6.07) is 8.52. The molecular weight excluding hydrogens is 504 g/mol. The summed E-state index contributed by atoms with van der Waals surface area (Å²) in [4.78, 5) is 16.9. The molecule has 0 spiro atoms. The predicted octanol–water partition coefficient (Wildman–Crippen LogP) is 4.74. The number of hydrogen-bond donors (Lipinski definition) is 1. The summed E-state index contributed by atoms with van der Waals surface area (Å²) in [5.74, 6) is 0.774. The van der Waals surface area contributed by atoms with Crippen LogP contribution in [0.5, 0.6) is 0 Å². The number of rotatable bonds is 6. The van der Waals surface area contributed by atoms with Crippen LogP contribution in [0.1, 0.15) is 70.7 Å². The molecule has 0 unspecified atom stereocenters. The Labute approximate surface area is 222 Å². The first-order chi connectivity index (χ1) is 18.0. The molecule has 3 aromatic heterocycles. The van der Waals surface area contributed by atoms with Gasteiger partial charge in [0.2, 0.25) is 0 Å². The molecule has 0 atom stereocenters. The molecular formula is C27H34N6O4S. The number of hydrogen-bond acceptors (Lipinski definition) is 7. The molecule has 10 nitrogen and oxygen atoms in total. The highest BCUT2D eigenvalue weighted by molar-refractivity contribution is 7.90. The zero-order valence-electron chi connectivity index (χ0n) is 22.3. The third-order valence-corrected chi connectivity index (χ3v) is 8.85. The quantitative estimate of drug-likeness (QED) is 0.376. The molecule has 0 bridgehead atoms. The maximum Gasteiger partial charge on any atom is 0.407 e. The van der Waals surface area contributed by atoms with E-state index >= 15 is 0 Å². The van der Waals surface area contributed by atoms with Gasteiger partial charge in [0, 0.05) is 18.2 Å². The molecule has 0 aliphatic heterocycles. The number of nitrogens with zero attached hydrogens (tertiary/aromatic N) is 5. The summed E-state index contributed by atoms with van der Waals surface area (Å²) in [5, 5.41) is 11.9. The maximum atomic E-state index is 13.5. The molecule has 1 aromatic carbocycles. The molecule has 0 radical (unpaired) electrons. The average molecular weight is 539 g/mol. The van der Waals surface area contributed by atoms with E-state index in [-0.39, 0.29) is 10.3 Å². The van der Waals surface area contributed by atoms with E-state index in [4.69, 9.17) is 4.74 Å². The first-order valence-corrected chi connectivity index (χ1v) is 14.5. The van der Waals surface area contributed by atoms with Gasteiger partial charge < -0.3 is 10.1 Å². The normalized spacial score (nSPS) is 16.1. The Morgan fingerprint density at radius 3 is 2.47 bits per heavy atom. The fourth-order valence-electron chi connectivity index (χ4n) is 5.32. The third kappa shape index (κ3) is 4.87. The van der Waals surface area contributed by atoms with Crippen molar-refractivity contribution in [3.63, 3.8) is 0 Å². The largest absolute Gasteiger partial charge is 0.444 e. The average Bonchev–Trinajstić information content (AvgIpc) is 3.49. The van der Waals surface area contributed by atoms with Crippen molar-refractivity contribution in [1.29, 1.82) is 0 Å². The topological polar surface area (TPSA) is 120 Å². The first-order valence-electron chi connectivity index (χ1n) is 13.0. The Morgan fingerprint density at radius 1 is 1.08 bits per heavy atom. The molecule has 1 saturated carbocycles. The zero-order chi connectivity index (χ0) is 27.1. The van der Waals surface area contributed by atoms with Crippen LogP contribution in [-0.4, -0.2) is 50.2 Å². The molecule has 202 valence electrons. The van der Waals surface area contributed by atoms with E-state index in [1.165, 1.54) is 10.2 Å². The minimum atomic E-state index is -3.84. The zero-order valence-corrected chi connectivity index (χ0v) is 23.1. The Hall–Kier alpha value is -3.47. The van der Waals surface area contributed by atoms with Crippen LogP contribution >= 0.6 is 0 Å². The van der Waals surface area contributed by atoms with E-state index < -0.39 is 21.7 Å². The molecule has 1 aliphatic carbocycles. The third-order valence-electron chi connectivity index (χ3n) is 7.17. The van der Waals surface area contributed by atoms with Crippen molar-refractivity contribution in [1.82, 2.24) is 28.9 Å². The van der Waals surface area contributed by atoms with Crippen LogP contribution in [0.15, 0.2) is 47.6 Å². The van der Waals surface area contributed by atoms with Gasteiger partial charge in [-0.25, -0.2) is 22.2 Å². The summed E-state index contributed by atoms with van der Waals surface area (Å²) >= 11 is 0. The summed E-state index contributed by atoms with van der Waals surface area (Å²) in [5.41, 5.74) is 1.59. The van der Waals surface area contributed by atoms with Crippen LogP contribution < -0.4 is 5.32 Å². The van der Waals surface area contributed by atoms with Crippen LogP contribution in [0.3, 0.4) is 0 Å². The number of aromatic nitrogens is 5. The summed E-state index contributed by atoms with van der Waals surface area (Å²) in [7, 11) is -3.84. The lowest BCUT2D eigenvalue weighted by Gasteiger charge is -2.36. The van der Waals surface area contributed by atoms with Gasteiger partial charge in [-0.2, -0.15) is 0 Å². The van der Waals surface area contributed by atoms with Crippen LogP contribution in [0.25, 0.3) is 16.8 Å².